The monoisotopic (exact) mass is 493 g/mol. The topological polar surface area (TPSA) is 118 Å². The molecule has 0 aliphatic heterocycles. The molecule has 0 spiro atoms. The van der Waals surface area contributed by atoms with Gasteiger partial charge in [0, 0.05) is 54.6 Å². The molecule has 3 aromatic rings. The number of hydrogen-bond acceptors (Lipinski definition) is 8. The van der Waals surface area contributed by atoms with E-state index in [0.717, 1.165) is 16.6 Å². The summed E-state index contributed by atoms with van der Waals surface area (Å²) in [5.41, 5.74) is 9.70. The van der Waals surface area contributed by atoms with Gasteiger partial charge in [0.05, 0.1) is 27.9 Å². The Morgan fingerprint density at radius 3 is 2.58 bits per heavy atom. The zero-order valence-corrected chi connectivity index (χ0v) is 20.9. The van der Waals surface area contributed by atoms with Crippen LogP contribution in [0, 0.1) is 0 Å². The minimum absolute atomic E-state index is 0.0483. The summed E-state index contributed by atoms with van der Waals surface area (Å²) >= 11 is 0. The van der Waals surface area contributed by atoms with Crippen LogP contribution in [0.1, 0.15) is 17.9 Å². The summed E-state index contributed by atoms with van der Waals surface area (Å²) in [7, 11) is 6.28. The molecule has 3 N–H and O–H groups in total. The number of carbonyl (C=O) groups excluding carboxylic acids is 1. The fraction of sp³-hybridized carbons (Fsp3) is 0.333. The van der Waals surface area contributed by atoms with Crippen LogP contribution in [0.2, 0.25) is 0 Å². The molecule has 1 amide bonds. The van der Waals surface area contributed by atoms with E-state index in [1.165, 1.54) is 0 Å². The van der Waals surface area contributed by atoms with Gasteiger partial charge in [-0.15, -0.1) is 0 Å². The molecule has 2 heterocycles. The number of amides is 1. The van der Waals surface area contributed by atoms with Gasteiger partial charge in [-0.25, -0.2) is 0 Å². The number of nitrogens with zero attached hydrogens (tertiary/aromatic N) is 1. The summed E-state index contributed by atoms with van der Waals surface area (Å²) < 4.78 is 27.7. The van der Waals surface area contributed by atoms with Gasteiger partial charge >= 0.3 is 0 Å². The standard InChI is InChI=1S/C27H31N3O6/c1-32-15-19(28)14-30-27(31)17-7-5-6-16(10-17)20-8-9-29-21-13-22(36-25(20)21)18-11-23(33-2)26(35-4)24(12-18)34-3/h5-9,11-13,16,19H,10,14-15,28H2,1-4H3,(H,30,31)/t16?,19-/m1/s1. The number of furan rings is 1. The second-order valence-corrected chi connectivity index (χ2v) is 8.45. The summed E-state index contributed by atoms with van der Waals surface area (Å²) in [6.45, 7) is 0.720. The van der Waals surface area contributed by atoms with Crippen LogP contribution in [-0.2, 0) is 9.53 Å². The summed E-state index contributed by atoms with van der Waals surface area (Å²) in [6, 6.07) is 7.21. The second kappa shape index (κ2) is 11.3. The first kappa shape index (κ1) is 25.3. The molecule has 190 valence electrons. The lowest BCUT2D eigenvalue weighted by atomic mass is 9.88. The molecule has 2 atom stereocenters. The number of allylic oxidation sites excluding steroid dienone is 3. The zero-order chi connectivity index (χ0) is 25.7. The van der Waals surface area contributed by atoms with Gasteiger partial charge in [-0.2, -0.15) is 0 Å². The Morgan fingerprint density at radius 1 is 1.17 bits per heavy atom. The number of fused-ring (bicyclic) bond motifs is 1. The van der Waals surface area contributed by atoms with E-state index in [2.05, 4.69) is 16.4 Å². The molecule has 1 aliphatic rings. The largest absolute Gasteiger partial charge is 0.493 e. The highest BCUT2D eigenvalue weighted by Crippen LogP contribution is 2.43. The average Bonchev–Trinajstić information content (AvgIpc) is 3.35. The van der Waals surface area contributed by atoms with Gasteiger partial charge in [-0.05, 0) is 24.6 Å². The van der Waals surface area contributed by atoms with E-state index in [9.17, 15) is 4.79 Å². The first-order valence-electron chi connectivity index (χ1n) is 11.6. The van der Waals surface area contributed by atoms with Crippen molar-refractivity contribution in [3.8, 4) is 28.6 Å². The summed E-state index contributed by atoms with van der Waals surface area (Å²) in [5.74, 6) is 1.99. The van der Waals surface area contributed by atoms with Crippen molar-refractivity contribution < 1.29 is 28.2 Å². The SMILES string of the molecule is COC[C@H](N)CNC(=O)C1=CC=CC(c2ccnc3cc(-c4cc(OC)c(OC)c(OC)c4)oc23)C1. The van der Waals surface area contributed by atoms with Crippen LogP contribution in [0.25, 0.3) is 22.4 Å². The normalized spacial score (nSPS) is 15.9. The van der Waals surface area contributed by atoms with Crippen molar-refractivity contribution >= 4 is 17.0 Å². The van der Waals surface area contributed by atoms with E-state index in [1.54, 1.807) is 34.6 Å². The predicted molar refractivity (Wildman–Crippen MR) is 137 cm³/mol. The van der Waals surface area contributed by atoms with Crippen molar-refractivity contribution in [3.63, 3.8) is 0 Å². The van der Waals surface area contributed by atoms with Gasteiger partial charge in [-0.1, -0.05) is 18.2 Å². The summed E-state index contributed by atoms with van der Waals surface area (Å²) in [6.07, 6.45) is 8.07. The number of ether oxygens (including phenoxy) is 4. The number of methoxy groups -OCH3 is 4. The van der Waals surface area contributed by atoms with Crippen LogP contribution in [0.15, 0.2) is 58.7 Å². The fourth-order valence-corrected chi connectivity index (χ4v) is 4.29. The van der Waals surface area contributed by atoms with E-state index in [-0.39, 0.29) is 17.9 Å². The highest BCUT2D eigenvalue weighted by atomic mass is 16.5. The van der Waals surface area contributed by atoms with Crippen molar-refractivity contribution in [2.75, 3.05) is 41.6 Å². The van der Waals surface area contributed by atoms with Crippen molar-refractivity contribution in [2.45, 2.75) is 18.4 Å². The molecule has 0 radical (unpaired) electrons. The maximum Gasteiger partial charge on any atom is 0.247 e. The Bertz CT molecular complexity index is 1270. The van der Waals surface area contributed by atoms with Gasteiger partial charge in [0.25, 0.3) is 0 Å². The average molecular weight is 494 g/mol. The zero-order valence-electron chi connectivity index (χ0n) is 20.9. The number of nitrogens with two attached hydrogens (primary N) is 1. The number of nitrogens with one attached hydrogen (secondary N) is 1. The Labute approximate surface area is 209 Å². The molecule has 0 bridgehead atoms. The van der Waals surface area contributed by atoms with Crippen LogP contribution < -0.4 is 25.3 Å². The van der Waals surface area contributed by atoms with Crippen molar-refractivity contribution in [1.82, 2.24) is 10.3 Å². The van der Waals surface area contributed by atoms with E-state index in [1.807, 2.05) is 36.4 Å². The molecule has 36 heavy (non-hydrogen) atoms. The number of aromatic nitrogens is 1. The molecule has 4 rings (SSSR count). The van der Waals surface area contributed by atoms with Crippen LogP contribution in [-0.4, -0.2) is 58.5 Å². The number of pyridine rings is 1. The lowest BCUT2D eigenvalue weighted by Crippen LogP contribution is -2.40. The number of rotatable bonds is 10. The smallest absolute Gasteiger partial charge is 0.247 e. The van der Waals surface area contributed by atoms with E-state index < -0.39 is 0 Å². The lowest BCUT2D eigenvalue weighted by Gasteiger charge is -2.19. The molecule has 0 saturated carbocycles. The van der Waals surface area contributed by atoms with Gasteiger partial charge in [0.1, 0.15) is 11.3 Å². The van der Waals surface area contributed by atoms with Crippen LogP contribution >= 0.6 is 0 Å². The minimum atomic E-state index is -0.258. The van der Waals surface area contributed by atoms with Crippen molar-refractivity contribution in [1.29, 1.82) is 0 Å². The first-order valence-corrected chi connectivity index (χ1v) is 11.6. The van der Waals surface area contributed by atoms with Gasteiger partial charge < -0.3 is 34.4 Å². The number of benzene rings is 1. The van der Waals surface area contributed by atoms with Crippen molar-refractivity contribution in [3.05, 3.63) is 59.8 Å². The molecule has 9 heteroatoms. The molecule has 1 unspecified atom stereocenters. The van der Waals surface area contributed by atoms with Crippen LogP contribution in [0.5, 0.6) is 17.2 Å². The highest BCUT2D eigenvalue weighted by molar-refractivity contribution is 5.94. The molecular formula is C27H31N3O6. The maximum atomic E-state index is 12.7. The Morgan fingerprint density at radius 2 is 1.92 bits per heavy atom. The third kappa shape index (κ3) is 5.22. The second-order valence-electron chi connectivity index (χ2n) is 8.45. The summed E-state index contributed by atoms with van der Waals surface area (Å²) in [4.78, 5) is 17.2. The number of hydrogen-bond donors (Lipinski definition) is 2. The first-order chi connectivity index (χ1) is 17.5. The fourth-order valence-electron chi connectivity index (χ4n) is 4.29. The maximum absolute atomic E-state index is 12.7. The Balaban J connectivity index is 1.60. The Hall–Kier alpha value is -3.82. The Kier molecular flexibility index (Phi) is 7.92. The molecule has 0 saturated heterocycles. The van der Waals surface area contributed by atoms with Crippen LogP contribution in [0.4, 0.5) is 0 Å². The molecule has 2 aromatic heterocycles. The predicted octanol–water partition coefficient (Wildman–Crippen LogP) is 3.58. The van der Waals surface area contributed by atoms with E-state index in [0.29, 0.717) is 53.7 Å². The molecule has 9 nitrogen and oxygen atoms in total. The third-order valence-electron chi connectivity index (χ3n) is 6.07. The quantitative estimate of drug-likeness (QED) is 0.440. The molecule has 1 aromatic carbocycles. The third-order valence-corrected chi connectivity index (χ3v) is 6.07. The lowest BCUT2D eigenvalue weighted by molar-refractivity contribution is -0.117. The molecule has 0 fully saturated rings. The highest BCUT2D eigenvalue weighted by Gasteiger charge is 2.23. The van der Waals surface area contributed by atoms with Gasteiger partial charge in [-0.3, -0.25) is 9.78 Å². The van der Waals surface area contributed by atoms with Gasteiger partial charge in [0.15, 0.2) is 17.1 Å². The molecule has 1 aliphatic carbocycles. The number of carbonyl (C=O) groups is 1. The van der Waals surface area contributed by atoms with Crippen LogP contribution in [0.3, 0.4) is 0 Å². The van der Waals surface area contributed by atoms with Gasteiger partial charge in [0.2, 0.25) is 11.7 Å². The van der Waals surface area contributed by atoms with E-state index in [4.69, 9.17) is 29.1 Å². The summed E-state index contributed by atoms with van der Waals surface area (Å²) in [5, 5.41) is 2.89. The van der Waals surface area contributed by atoms with Crippen molar-refractivity contribution in [2.24, 2.45) is 5.73 Å². The van der Waals surface area contributed by atoms with E-state index >= 15 is 0 Å². The molecular weight excluding hydrogens is 462 g/mol. The minimum Gasteiger partial charge on any atom is -0.493 e.